The van der Waals surface area contributed by atoms with Crippen LogP contribution in [0.15, 0.2) is 42.6 Å². The Morgan fingerprint density at radius 1 is 1.19 bits per heavy atom. The Morgan fingerprint density at radius 3 is 2.62 bits per heavy atom. The molecule has 1 N–H and O–H groups in total. The van der Waals surface area contributed by atoms with E-state index in [0.29, 0.717) is 5.82 Å². The number of nitrogens with zero attached hydrogens (tertiary/aromatic N) is 2. The molecule has 1 aromatic carbocycles. The minimum atomic E-state index is -1.91. The second kappa shape index (κ2) is 4.96. The Bertz CT molecular complexity index is 502. The lowest BCUT2D eigenvalue weighted by Crippen LogP contribution is -2.00. The molecule has 2 rings (SSSR count). The molecule has 0 spiro atoms. The monoisotopic (exact) mass is 234 g/mol. The van der Waals surface area contributed by atoms with Crippen LogP contribution >= 0.6 is 0 Å². The van der Waals surface area contributed by atoms with Crippen molar-refractivity contribution in [3.8, 4) is 11.3 Å². The molecule has 0 aliphatic rings. The van der Waals surface area contributed by atoms with E-state index in [-0.39, 0.29) is 5.75 Å². The number of hydrogen-bond donors (Lipinski definition) is 1. The van der Waals surface area contributed by atoms with Crippen molar-refractivity contribution in [2.24, 2.45) is 0 Å². The molecule has 82 valence electrons. The first-order chi connectivity index (χ1) is 7.75. The van der Waals surface area contributed by atoms with Gasteiger partial charge in [0.1, 0.15) is 11.6 Å². The van der Waals surface area contributed by atoms with Gasteiger partial charge in [0.05, 0.1) is 5.69 Å². The van der Waals surface area contributed by atoms with Crippen LogP contribution in [0.5, 0.6) is 0 Å². The Kier molecular flexibility index (Phi) is 3.38. The summed E-state index contributed by atoms with van der Waals surface area (Å²) in [4.78, 5) is 8.16. The third kappa shape index (κ3) is 2.71. The van der Waals surface area contributed by atoms with Gasteiger partial charge in [-0.05, 0) is 6.07 Å². The molecule has 1 heterocycles. The summed E-state index contributed by atoms with van der Waals surface area (Å²) in [6.07, 6.45) is 1.59. The highest BCUT2D eigenvalue weighted by molar-refractivity contribution is 7.78. The van der Waals surface area contributed by atoms with Crippen LogP contribution < -0.4 is 0 Å². The maximum atomic E-state index is 10.6. The second-order valence-corrected chi connectivity index (χ2v) is 4.12. The van der Waals surface area contributed by atoms with Gasteiger partial charge in [0.25, 0.3) is 0 Å². The lowest BCUT2D eigenvalue weighted by molar-refractivity contribution is 0.562. The molecule has 0 aliphatic heterocycles. The van der Waals surface area contributed by atoms with Gasteiger partial charge in [-0.3, -0.25) is 0 Å². The van der Waals surface area contributed by atoms with Crippen LogP contribution in [0.3, 0.4) is 0 Å². The standard InChI is InChI=1S/C11H10N2O2S/c14-16(15)8-11-12-7-6-10(13-11)9-4-2-1-3-5-9/h1-7H,8H2,(H,14,15). The van der Waals surface area contributed by atoms with E-state index in [0.717, 1.165) is 11.3 Å². The quantitative estimate of drug-likeness (QED) is 0.823. The molecule has 1 atom stereocenters. The van der Waals surface area contributed by atoms with Crippen molar-refractivity contribution in [1.82, 2.24) is 9.97 Å². The summed E-state index contributed by atoms with van der Waals surface area (Å²) < 4.78 is 19.4. The van der Waals surface area contributed by atoms with Gasteiger partial charge in [-0.25, -0.2) is 14.2 Å². The molecule has 0 aliphatic carbocycles. The molecule has 16 heavy (non-hydrogen) atoms. The van der Waals surface area contributed by atoms with Crippen molar-refractivity contribution in [2.75, 3.05) is 0 Å². The zero-order valence-electron chi connectivity index (χ0n) is 8.41. The van der Waals surface area contributed by atoms with Crippen LogP contribution in [0.2, 0.25) is 0 Å². The zero-order chi connectivity index (χ0) is 11.4. The second-order valence-electron chi connectivity index (χ2n) is 3.19. The van der Waals surface area contributed by atoms with E-state index in [1.54, 1.807) is 12.3 Å². The summed E-state index contributed by atoms with van der Waals surface area (Å²) in [6.45, 7) is 0. The SMILES string of the molecule is O=S(O)Cc1nccc(-c2ccccc2)n1. The summed E-state index contributed by atoms with van der Waals surface area (Å²) in [5.74, 6) is 0.336. The Labute approximate surface area is 95.7 Å². The molecule has 0 fully saturated rings. The summed E-state index contributed by atoms with van der Waals surface area (Å²) in [5, 5.41) is 0. The van der Waals surface area contributed by atoms with Gasteiger partial charge in [-0.15, -0.1) is 0 Å². The van der Waals surface area contributed by atoms with E-state index in [4.69, 9.17) is 4.55 Å². The van der Waals surface area contributed by atoms with Crippen LogP contribution in [-0.2, 0) is 16.8 Å². The molecular formula is C11H10N2O2S. The van der Waals surface area contributed by atoms with Gasteiger partial charge in [0, 0.05) is 11.8 Å². The van der Waals surface area contributed by atoms with Crippen LogP contribution in [0.4, 0.5) is 0 Å². The molecule has 0 radical (unpaired) electrons. The van der Waals surface area contributed by atoms with Gasteiger partial charge in [0.15, 0.2) is 11.1 Å². The third-order valence-corrected chi connectivity index (χ3v) is 2.53. The number of aromatic nitrogens is 2. The van der Waals surface area contributed by atoms with Crippen LogP contribution in [0.1, 0.15) is 5.82 Å². The fourth-order valence-corrected chi connectivity index (χ4v) is 1.71. The van der Waals surface area contributed by atoms with Crippen LogP contribution in [0.25, 0.3) is 11.3 Å². The minimum Gasteiger partial charge on any atom is -0.306 e. The van der Waals surface area contributed by atoms with Crippen molar-refractivity contribution in [1.29, 1.82) is 0 Å². The average molecular weight is 234 g/mol. The summed E-state index contributed by atoms with van der Waals surface area (Å²) >= 11 is -1.91. The average Bonchev–Trinajstić information content (AvgIpc) is 2.30. The first-order valence-electron chi connectivity index (χ1n) is 4.70. The summed E-state index contributed by atoms with van der Waals surface area (Å²) in [5.41, 5.74) is 1.73. The lowest BCUT2D eigenvalue weighted by Gasteiger charge is -2.01. The van der Waals surface area contributed by atoms with Gasteiger partial charge in [-0.2, -0.15) is 0 Å². The molecule has 0 saturated carbocycles. The first kappa shape index (κ1) is 10.9. The predicted octanol–water partition coefficient (Wildman–Crippen LogP) is 1.87. The van der Waals surface area contributed by atoms with E-state index in [1.807, 2.05) is 30.3 Å². The molecule has 2 aromatic rings. The van der Waals surface area contributed by atoms with E-state index in [2.05, 4.69) is 9.97 Å². The Balaban J connectivity index is 2.33. The van der Waals surface area contributed by atoms with Crippen molar-refractivity contribution >= 4 is 11.1 Å². The van der Waals surface area contributed by atoms with E-state index in [9.17, 15) is 4.21 Å². The Hall–Kier alpha value is -1.59. The fourth-order valence-electron chi connectivity index (χ4n) is 1.35. The smallest absolute Gasteiger partial charge is 0.160 e. The van der Waals surface area contributed by atoms with Gasteiger partial charge >= 0.3 is 0 Å². The largest absolute Gasteiger partial charge is 0.306 e. The van der Waals surface area contributed by atoms with Gasteiger partial charge < -0.3 is 4.55 Å². The van der Waals surface area contributed by atoms with Crippen molar-refractivity contribution in [3.63, 3.8) is 0 Å². The summed E-state index contributed by atoms with van der Waals surface area (Å²) in [7, 11) is 0. The predicted molar refractivity (Wildman–Crippen MR) is 61.9 cm³/mol. The molecule has 0 amide bonds. The summed E-state index contributed by atoms with van der Waals surface area (Å²) in [6, 6.07) is 11.4. The maximum Gasteiger partial charge on any atom is 0.160 e. The van der Waals surface area contributed by atoms with E-state index in [1.165, 1.54) is 0 Å². The topological polar surface area (TPSA) is 63.1 Å². The van der Waals surface area contributed by atoms with Gasteiger partial charge in [0.2, 0.25) is 0 Å². The Morgan fingerprint density at radius 2 is 1.94 bits per heavy atom. The highest BCUT2D eigenvalue weighted by Crippen LogP contribution is 2.15. The molecule has 5 heteroatoms. The van der Waals surface area contributed by atoms with Crippen LogP contribution in [-0.4, -0.2) is 18.7 Å². The fraction of sp³-hybridized carbons (Fsp3) is 0.0909. The molecule has 1 aromatic heterocycles. The van der Waals surface area contributed by atoms with Crippen molar-refractivity contribution < 1.29 is 8.76 Å². The van der Waals surface area contributed by atoms with Crippen LogP contribution in [0, 0.1) is 0 Å². The molecule has 1 unspecified atom stereocenters. The van der Waals surface area contributed by atoms with Gasteiger partial charge in [-0.1, -0.05) is 30.3 Å². The minimum absolute atomic E-state index is 0.0410. The third-order valence-electron chi connectivity index (χ3n) is 2.03. The molecule has 0 bridgehead atoms. The van der Waals surface area contributed by atoms with Crippen molar-refractivity contribution in [3.05, 3.63) is 48.4 Å². The first-order valence-corrected chi connectivity index (χ1v) is 5.98. The number of rotatable bonds is 3. The number of hydrogen-bond acceptors (Lipinski definition) is 3. The van der Waals surface area contributed by atoms with Crippen molar-refractivity contribution in [2.45, 2.75) is 5.75 Å². The normalized spacial score (nSPS) is 12.3. The zero-order valence-corrected chi connectivity index (χ0v) is 9.22. The molecule has 0 saturated heterocycles. The highest BCUT2D eigenvalue weighted by atomic mass is 32.2. The molecular weight excluding hydrogens is 224 g/mol. The lowest BCUT2D eigenvalue weighted by atomic mass is 10.1. The highest BCUT2D eigenvalue weighted by Gasteiger charge is 2.04. The number of benzene rings is 1. The molecule has 4 nitrogen and oxygen atoms in total. The van der Waals surface area contributed by atoms with E-state index < -0.39 is 11.1 Å². The van der Waals surface area contributed by atoms with E-state index >= 15 is 0 Å². The maximum absolute atomic E-state index is 10.6.